The van der Waals surface area contributed by atoms with Crippen molar-refractivity contribution in [2.45, 2.75) is 43.3 Å². The lowest BCUT2D eigenvalue weighted by Crippen LogP contribution is -2.63. The lowest BCUT2D eigenvalue weighted by Gasteiger charge is -2.39. The number of alkyl halides is 1. The van der Waals surface area contributed by atoms with Crippen molar-refractivity contribution < 1.29 is 22.0 Å². The Hall–Kier alpha value is -2.61. The van der Waals surface area contributed by atoms with Crippen LogP contribution in [0, 0.1) is 6.92 Å². The predicted molar refractivity (Wildman–Crippen MR) is 117 cm³/mol. The van der Waals surface area contributed by atoms with Crippen LogP contribution in [0.4, 0.5) is 10.1 Å². The molecule has 0 aromatic carbocycles. The number of hydrogen-bond acceptors (Lipinski definition) is 9. The van der Waals surface area contributed by atoms with Crippen molar-refractivity contribution in [2.75, 3.05) is 37.9 Å². The largest absolute Gasteiger partial charge is 0.419 e. The Kier molecular flexibility index (Phi) is 5.39. The van der Waals surface area contributed by atoms with Gasteiger partial charge in [-0.25, -0.2) is 17.8 Å². The van der Waals surface area contributed by atoms with Crippen LogP contribution in [0.25, 0.3) is 17.2 Å². The third-order valence-corrected chi connectivity index (χ3v) is 7.43. The Morgan fingerprint density at radius 3 is 2.58 bits per heavy atom. The topological polar surface area (TPSA) is 127 Å². The summed E-state index contributed by atoms with van der Waals surface area (Å²) in [5.74, 6) is 0.870. The van der Waals surface area contributed by atoms with E-state index in [4.69, 9.17) is 9.15 Å². The summed E-state index contributed by atoms with van der Waals surface area (Å²) in [6.45, 7) is 6.30. The van der Waals surface area contributed by atoms with E-state index >= 15 is 0 Å². The summed E-state index contributed by atoms with van der Waals surface area (Å²) in [7, 11) is -4.07. The van der Waals surface area contributed by atoms with Crippen LogP contribution in [0.3, 0.4) is 0 Å². The minimum atomic E-state index is -4.07. The molecule has 5 rings (SSSR count). The quantitative estimate of drug-likeness (QED) is 0.530. The van der Waals surface area contributed by atoms with Gasteiger partial charge in [0.05, 0.1) is 30.6 Å². The Balaban J connectivity index is 1.66. The Morgan fingerprint density at radius 1 is 1.27 bits per heavy atom. The summed E-state index contributed by atoms with van der Waals surface area (Å²) in [6, 6.07) is 2.02. The van der Waals surface area contributed by atoms with Gasteiger partial charge < -0.3 is 19.4 Å². The average molecular weight is 480 g/mol. The van der Waals surface area contributed by atoms with Gasteiger partial charge in [0.1, 0.15) is 17.1 Å². The van der Waals surface area contributed by atoms with Crippen LogP contribution in [0.1, 0.15) is 19.7 Å². The van der Waals surface area contributed by atoms with E-state index in [1.54, 1.807) is 23.6 Å². The number of hydrogen-bond donors (Lipinski definition) is 2. The third-order valence-electron chi connectivity index (χ3n) is 5.88. The minimum absolute atomic E-state index is 0.0117. The van der Waals surface area contributed by atoms with Crippen LogP contribution < -0.4 is 14.9 Å². The lowest BCUT2D eigenvalue weighted by molar-refractivity contribution is -0.0725. The normalized spacial score (nSPS) is 23.1. The van der Waals surface area contributed by atoms with E-state index in [2.05, 4.69) is 44.0 Å². The van der Waals surface area contributed by atoms with Gasteiger partial charge in [-0.15, -0.1) is 10.2 Å². The second kappa shape index (κ2) is 8.01. The highest BCUT2D eigenvalue weighted by molar-refractivity contribution is 7.89. The highest BCUT2D eigenvalue weighted by Crippen LogP contribution is 2.31. The molecular formula is C20H26FN7O4S. The average Bonchev–Trinajstić information content (AvgIpc) is 3.35. The maximum Gasteiger partial charge on any atom is 0.284 e. The standard InChI is InChI=1S/C20H26FN7O4S/c1-12-6-27(7-13(2)23-12)16-4-15(33(29,30)26-20(9-21)10-31-11-20)8-28-17(16)5-22-18(28)19-25-24-14(3)32-19/h4-5,8,12-13,23,26H,6-7,9-11H2,1-3H3/t12-,13-/m0/s1. The second-order valence-corrected chi connectivity index (χ2v) is 10.6. The number of halogens is 1. The molecule has 2 saturated heterocycles. The van der Waals surface area contributed by atoms with E-state index < -0.39 is 22.2 Å². The summed E-state index contributed by atoms with van der Waals surface area (Å²) in [6.07, 6.45) is 3.11. The van der Waals surface area contributed by atoms with Crippen molar-refractivity contribution in [3.05, 3.63) is 24.4 Å². The first-order chi connectivity index (χ1) is 15.7. The van der Waals surface area contributed by atoms with Crippen molar-refractivity contribution in [3.63, 3.8) is 0 Å². The van der Waals surface area contributed by atoms with Crippen molar-refractivity contribution in [1.29, 1.82) is 0 Å². The van der Waals surface area contributed by atoms with Gasteiger partial charge in [0.2, 0.25) is 21.7 Å². The first kappa shape index (κ1) is 22.2. The molecule has 2 aliphatic heterocycles. The molecular weight excluding hydrogens is 453 g/mol. The van der Waals surface area contributed by atoms with E-state index in [1.807, 2.05) is 0 Å². The van der Waals surface area contributed by atoms with E-state index in [-0.39, 0.29) is 36.1 Å². The molecule has 2 N–H and O–H groups in total. The predicted octanol–water partition coefficient (Wildman–Crippen LogP) is 0.896. The number of anilines is 1. The molecule has 0 unspecified atom stereocenters. The van der Waals surface area contributed by atoms with E-state index in [9.17, 15) is 12.8 Å². The number of pyridine rings is 1. The van der Waals surface area contributed by atoms with Crippen LogP contribution in [0.5, 0.6) is 0 Å². The van der Waals surface area contributed by atoms with Crippen molar-refractivity contribution in [3.8, 4) is 11.7 Å². The maximum absolute atomic E-state index is 13.6. The summed E-state index contributed by atoms with van der Waals surface area (Å²) >= 11 is 0. The molecule has 2 aliphatic rings. The molecule has 33 heavy (non-hydrogen) atoms. The van der Waals surface area contributed by atoms with Gasteiger partial charge in [-0.2, -0.15) is 4.72 Å². The summed E-state index contributed by atoms with van der Waals surface area (Å²) in [4.78, 5) is 6.56. The van der Waals surface area contributed by atoms with Gasteiger partial charge in [-0.1, -0.05) is 0 Å². The third kappa shape index (κ3) is 3.98. The van der Waals surface area contributed by atoms with Gasteiger partial charge in [0, 0.05) is 38.3 Å². The fraction of sp³-hybridized carbons (Fsp3) is 0.550. The van der Waals surface area contributed by atoms with Crippen molar-refractivity contribution >= 4 is 21.2 Å². The van der Waals surface area contributed by atoms with Gasteiger partial charge in [-0.05, 0) is 19.9 Å². The molecule has 0 aliphatic carbocycles. The molecule has 178 valence electrons. The number of aromatic nitrogens is 4. The molecule has 0 bridgehead atoms. The number of nitrogens with one attached hydrogen (secondary N) is 2. The number of aryl methyl sites for hydroxylation is 1. The van der Waals surface area contributed by atoms with Gasteiger partial charge >= 0.3 is 0 Å². The maximum atomic E-state index is 13.6. The van der Waals surface area contributed by atoms with Gasteiger partial charge in [0.15, 0.2) is 0 Å². The number of ether oxygens (including phenoxy) is 1. The molecule has 11 nitrogen and oxygen atoms in total. The highest BCUT2D eigenvalue weighted by atomic mass is 32.2. The number of nitrogens with zero attached hydrogens (tertiary/aromatic N) is 5. The highest BCUT2D eigenvalue weighted by Gasteiger charge is 2.43. The molecule has 5 heterocycles. The molecule has 0 saturated carbocycles. The molecule has 3 aromatic heterocycles. The zero-order valence-electron chi connectivity index (χ0n) is 18.6. The number of sulfonamides is 1. The summed E-state index contributed by atoms with van der Waals surface area (Å²) < 4.78 is 55.0. The smallest absolute Gasteiger partial charge is 0.284 e. The first-order valence-electron chi connectivity index (χ1n) is 10.7. The van der Waals surface area contributed by atoms with Crippen LogP contribution in [0.2, 0.25) is 0 Å². The van der Waals surface area contributed by atoms with Gasteiger partial charge in [0.25, 0.3) is 5.89 Å². The van der Waals surface area contributed by atoms with Crippen LogP contribution >= 0.6 is 0 Å². The summed E-state index contributed by atoms with van der Waals surface area (Å²) in [5, 5.41) is 11.4. The van der Waals surface area contributed by atoms with Crippen LogP contribution in [-0.4, -0.2) is 78.6 Å². The minimum Gasteiger partial charge on any atom is -0.419 e. The first-order valence-corrected chi connectivity index (χ1v) is 12.2. The lowest BCUT2D eigenvalue weighted by atomic mass is 10.0. The molecule has 3 aromatic rings. The number of rotatable bonds is 6. The SMILES string of the molecule is Cc1nnc(-c2ncc3c(N4C[C@H](C)N[C@@H](C)C4)cc(S(=O)(=O)NC4(CF)COC4)cn23)o1. The van der Waals surface area contributed by atoms with Gasteiger partial charge in [-0.3, -0.25) is 4.40 Å². The van der Waals surface area contributed by atoms with Crippen molar-refractivity contribution in [1.82, 2.24) is 29.6 Å². The Labute approximate surface area is 190 Å². The molecule has 0 spiro atoms. The fourth-order valence-electron chi connectivity index (χ4n) is 4.38. The summed E-state index contributed by atoms with van der Waals surface area (Å²) in [5.41, 5.74) is 0.161. The van der Waals surface area contributed by atoms with E-state index in [0.29, 0.717) is 36.0 Å². The van der Waals surface area contributed by atoms with Crippen LogP contribution in [0.15, 0.2) is 27.8 Å². The van der Waals surface area contributed by atoms with Crippen LogP contribution in [-0.2, 0) is 14.8 Å². The zero-order chi connectivity index (χ0) is 23.4. The van der Waals surface area contributed by atoms with E-state index in [1.165, 1.54) is 6.20 Å². The molecule has 0 radical (unpaired) electrons. The molecule has 0 amide bonds. The molecule has 2 fully saturated rings. The van der Waals surface area contributed by atoms with Crippen molar-refractivity contribution in [2.24, 2.45) is 0 Å². The monoisotopic (exact) mass is 479 g/mol. The second-order valence-electron chi connectivity index (χ2n) is 8.91. The Morgan fingerprint density at radius 2 is 2.00 bits per heavy atom. The fourth-order valence-corrected chi connectivity index (χ4v) is 5.75. The number of piperazine rings is 1. The van der Waals surface area contributed by atoms with E-state index in [0.717, 1.165) is 0 Å². The Bertz CT molecular complexity index is 1270. The molecule has 2 atom stereocenters. The zero-order valence-corrected chi connectivity index (χ0v) is 19.4. The number of imidazole rings is 1. The molecule has 13 heteroatoms. The number of fused-ring (bicyclic) bond motifs is 1.